The smallest absolute Gasteiger partial charge is 0.225 e. The number of amides is 1. The first kappa shape index (κ1) is 10.9. The molecule has 0 unspecified atom stereocenters. The molecule has 2 fully saturated rings. The van der Waals surface area contributed by atoms with Gasteiger partial charge in [0.1, 0.15) is 0 Å². The summed E-state index contributed by atoms with van der Waals surface area (Å²) < 4.78 is 0. The molecule has 2 rings (SSSR count). The van der Waals surface area contributed by atoms with E-state index in [0.29, 0.717) is 11.3 Å². The van der Waals surface area contributed by atoms with Crippen molar-refractivity contribution in [1.29, 1.82) is 0 Å². The molecule has 0 atom stereocenters. The first-order valence-corrected chi connectivity index (χ1v) is 6.00. The molecule has 0 aromatic rings. The maximum Gasteiger partial charge on any atom is 0.225 e. The fourth-order valence-electron chi connectivity index (χ4n) is 2.98. The molecule has 86 valence electrons. The summed E-state index contributed by atoms with van der Waals surface area (Å²) in [7, 11) is 2.18. The molecule has 0 aromatic heterocycles. The third kappa shape index (κ3) is 2.03. The Kier molecular flexibility index (Phi) is 2.75. The summed E-state index contributed by atoms with van der Waals surface area (Å²) in [5.74, 6) is 0.487. The van der Waals surface area contributed by atoms with Crippen molar-refractivity contribution in [3.63, 3.8) is 0 Å². The molecule has 3 nitrogen and oxygen atoms in total. The number of carbonyl (C=O) groups is 1. The Balaban J connectivity index is 1.85. The highest BCUT2D eigenvalue weighted by Gasteiger charge is 2.43. The topological polar surface area (TPSA) is 23.6 Å². The van der Waals surface area contributed by atoms with E-state index in [1.54, 1.807) is 0 Å². The molecule has 2 saturated heterocycles. The van der Waals surface area contributed by atoms with Crippen molar-refractivity contribution in [3.8, 4) is 0 Å². The van der Waals surface area contributed by atoms with Gasteiger partial charge in [-0.15, -0.1) is 0 Å². The van der Waals surface area contributed by atoms with Gasteiger partial charge in [0.15, 0.2) is 0 Å². The van der Waals surface area contributed by atoms with Crippen molar-refractivity contribution in [3.05, 3.63) is 0 Å². The van der Waals surface area contributed by atoms with Crippen molar-refractivity contribution >= 4 is 5.91 Å². The van der Waals surface area contributed by atoms with Gasteiger partial charge in [-0.25, -0.2) is 0 Å². The minimum Gasteiger partial charge on any atom is -0.342 e. The van der Waals surface area contributed by atoms with Crippen LogP contribution in [-0.2, 0) is 4.79 Å². The fourth-order valence-corrected chi connectivity index (χ4v) is 2.98. The van der Waals surface area contributed by atoms with Gasteiger partial charge in [0.25, 0.3) is 0 Å². The molecular formula is C12H22N2O. The molecule has 0 aromatic carbocycles. The van der Waals surface area contributed by atoms with Crippen LogP contribution >= 0.6 is 0 Å². The SMILES string of the molecule is CC(C)C(=O)N1CCC2(CC1)CN(C)C2. The molecule has 1 amide bonds. The Labute approximate surface area is 92.4 Å². The second kappa shape index (κ2) is 3.78. The zero-order chi connectivity index (χ0) is 11.1. The molecule has 0 N–H and O–H groups in total. The molecule has 0 aliphatic carbocycles. The largest absolute Gasteiger partial charge is 0.342 e. The summed E-state index contributed by atoms with van der Waals surface area (Å²) in [6.45, 7) is 8.40. The molecule has 3 heteroatoms. The van der Waals surface area contributed by atoms with Crippen LogP contribution in [0.25, 0.3) is 0 Å². The van der Waals surface area contributed by atoms with Gasteiger partial charge in [-0.05, 0) is 25.3 Å². The van der Waals surface area contributed by atoms with Crippen LogP contribution < -0.4 is 0 Å². The summed E-state index contributed by atoms with van der Waals surface area (Å²) in [6.07, 6.45) is 2.41. The molecule has 1 spiro atoms. The van der Waals surface area contributed by atoms with Crippen LogP contribution in [0.4, 0.5) is 0 Å². The van der Waals surface area contributed by atoms with Crippen LogP contribution in [0.15, 0.2) is 0 Å². The summed E-state index contributed by atoms with van der Waals surface area (Å²) in [4.78, 5) is 16.2. The van der Waals surface area contributed by atoms with Crippen molar-refractivity contribution < 1.29 is 4.79 Å². The van der Waals surface area contributed by atoms with E-state index < -0.39 is 0 Å². The average molecular weight is 210 g/mol. The number of piperidine rings is 1. The number of hydrogen-bond acceptors (Lipinski definition) is 2. The maximum absolute atomic E-state index is 11.8. The summed E-state index contributed by atoms with van der Waals surface area (Å²) >= 11 is 0. The fraction of sp³-hybridized carbons (Fsp3) is 0.917. The van der Waals surface area contributed by atoms with Gasteiger partial charge in [0.05, 0.1) is 0 Å². The Morgan fingerprint density at radius 1 is 1.20 bits per heavy atom. The maximum atomic E-state index is 11.8. The Morgan fingerprint density at radius 3 is 2.13 bits per heavy atom. The van der Waals surface area contributed by atoms with Crippen molar-refractivity contribution in [1.82, 2.24) is 9.80 Å². The van der Waals surface area contributed by atoms with Crippen LogP contribution in [0.3, 0.4) is 0 Å². The number of rotatable bonds is 1. The van der Waals surface area contributed by atoms with Gasteiger partial charge >= 0.3 is 0 Å². The zero-order valence-corrected chi connectivity index (χ0v) is 10.1. The Hall–Kier alpha value is -0.570. The third-order valence-electron chi connectivity index (χ3n) is 3.84. The van der Waals surface area contributed by atoms with Crippen molar-refractivity contribution in [2.75, 3.05) is 33.2 Å². The van der Waals surface area contributed by atoms with E-state index in [-0.39, 0.29) is 5.92 Å². The normalized spacial score (nSPS) is 25.7. The van der Waals surface area contributed by atoms with Gasteiger partial charge in [0.2, 0.25) is 5.91 Å². The van der Waals surface area contributed by atoms with Crippen LogP contribution in [0.2, 0.25) is 0 Å². The molecule has 0 bridgehead atoms. The van der Waals surface area contributed by atoms with Crippen LogP contribution in [0, 0.1) is 11.3 Å². The third-order valence-corrected chi connectivity index (χ3v) is 3.84. The predicted octanol–water partition coefficient (Wildman–Crippen LogP) is 1.20. The second-order valence-corrected chi connectivity index (χ2v) is 5.65. The van der Waals surface area contributed by atoms with Crippen LogP contribution in [0.1, 0.15) is 26.7 Å². The zero-order valence-electron chi connectivity index (χ0n) is 10.1. The number of likely N-dealkylation sites (tertiary alicyclic amines) is 2. The molecule has 2 aliphatic heterocycles. The highest BCUT2D eigenvalue weighted by atomic mass is 16.2. The van der Waals surface area contributed by atoms with E-state index in [4.69, 9.17) is 0 Å². The number of carbonyl (C=O) groups excluding carboxylic acids is 1. The van der Waals surface area contributed by atoms with E-state index in [1.165, 1.54) is 25.9 Å². The summed E-state index contributed by atoms with van der Waals surface area (Å²) in [5, 5.41) is 0. The van der Waals surface area contributed by atoms with Gasteiger partial charge < -0.3 is 9.80 Å². The lowest BCUT2D eigenvalue weighted by molar-refractivity contribution is -0.139. The minimum atomic E-state index is 0.156. The van der Waals surface area contributed by atoms with E-state index in [0.717, 1.165) is 13.1 Å². The molecule has 2 aliphatic rings. The molecule has 15 heavy (non-hydrogen) atoms. The summed E-state index contributed by atoms with van der Waals surface area (Å²) in [5.41, 5.74) is 0.558. The van der Waals surface area contributed by atoms with Crippen LogP contribution in [0.5, 0.6) is 0 Å². The van der Waals surface area contributed by atoms with Crippen molar-refractivity contribution in [2.45, 2.75) is 26.7 Å². The Morgan fingerprint density at radius 2 is 1.73 bits per heavy atom. The predicted molar refractivity (Wildman–Crippen MR) is 60.6 cm³/mol. The lowest BCUT2D eigenvalue weighted by Crippen LogP contribution is -2.59. The van der Waals surface area contributed by atoms with Gasteiger partial charge in [-0.2, -0.15) is 0 Å². The molecular weight excluding hydrogens is 188 g/mol. The van der Waals surface area contributed by atoms with E-state index in [9.17, 15) is 4.79 Å². The van der Waals surface area contributed by atoms with E-state index in [1.807, 2.05) is 18.7 Å². The van der Waals surface area contributed by atoms with E-state index in [2.05, 4.69) is 11.9 Å². The average Bonchev–Trinajstić information content (AvgIpc) is 2.16. The molecule has 0 saturated carbocycles. The minimum absolute atomic E-state index is 0.156. The highest BCUT2D eigenvalue weighted by Crippen LogP contribution is 2.39. The van der Waals surface area contributed by atoms with Gasteiger partial charge in [0, 0.05) is 32.1 Å². The first-order chi connectivity index (χ1) is 7.02. The molecule has 0 radical (unpaired) electrons. The lowest BCUT2D eigenvalue weighted by atomic mass is 9.72. The summed E-state index contributed by atoms with van der Waals surface area (Å²) in [6, 6.07) is 0. The van der Waals surface area contributed by atoms with Gasteiger partial charge in [-0.3, -0.25) is 4.79 Å². The monoisotopic (exact) mass is 210 g/mol. The first-order valence-electron chi connectivity index (χ1n) is 6.00. The van der Waals surface area contributed by atoms with Gasteiger partial charge in [-0.1, -0.05) is 13.8 Å². The van der Waals surface area contributed by atoms with E-state index >= 15 is 0 Å². The van der Waals surface area contributed by atoms with Crippen LogP contribution in [-0.4, -0.2) is 48.9 Å². The Bertz CT molecular complexity index is 246. The standard InChI is InChI=1S/C12H22N2O/c1-10(2)11(15)14-6-4-12(5-7-14)8-13(3)9-12/h10H,4-9H2,1-3H3. The quantitative estimate of drug-likeness (QED) is 0.649. The molecule has 2 heterocycles. The lowest BCUT2D eigenvalue weighted by Gasteiger charge is -2.53. The number of nitrogens with zero attached hydrogens (tertiary/aromatic N) is 2. The number of hydrogen-bond donors (Lipinski definition) is 0. The highest BCUT2D eigenvalue weighted by molar-refractivity contribution is 5.78. The van der Waals surface area contributed by atoms with Crippen molar-refractivity contribution in [2.24, 2.45) is 11.3 Å². The second-order valence-electron chi connectivity index (χ2n) is 5.65.